The lowest BCUT2D eigenvalue weighted by Crippen LogP contribution is -2.19. The highest BCUT2D eigenvalue weighted by atomic mass is 35.5. The normalized spacial score (nSPS) is 9.67. The number of nitriles is 2. The minimum Gasteiger partial charge on any atom is -0.399 e. The van der Waals surface area contributed by atoms with Crippen molar-refractivity contribution in [3.8, 4) is 12.1 Å². The molecule has 0 fully saturated rings. The second-order valence-electron chi connectivity index (χ2n) is 4.08. The Morgan fingerprint density at radius 1 is 1.43 bits per heavy atom. The predicted molar refractivity (Wildman–Crippen MR) is 76.2 cm³/mol. The van der Waals surface area contributed by atoms with Crippen molar-refractivity contribution in [2.45, 2.75) is 6.54 Å². The van der Waals surface area contributed by atoms with Crippen LogP contribution in [0.5, 0.6) is 0 Å². The van der Waals surface area contributed by atoms with E-state index in [0.717, 1.165) is 0 Å². The Balaban J connectivity index is 2.16. The Kier molecular flexibility index (Phi) is 4.07. The van der Waals surface area contributed by atoms with Gasteiger partial charge in [0.25, 0.3) is 0 Å². The molecule has 2 aromatic rings. The Hall–Kier alpha value is -3.03. The lowest BCUT2D eigenvalue weighted by molar-refractivity contribution is -0.116. The fourth-order valence-electron chi connectivity index (χ4n) is 1.68. The number of nitrogens with one attached hydrogen (secondary N) is 1. The van der Waals surface area contributed by atoms with Gasteiger partial charge < -0.3 is 15.6 Å². The molecule has 0 saturated heterocycles. The molecule has 1 heterocycles. The van der Waals surface area contributed by atoms with Gasteiger partial charge in [-0.1, -0.05) is 11.6 Å². The third kappa shape index (κ3) is 3.11. The van der Waals surface area contributed by atoms with Crippen molar-refractivity contribution in [2.24, 2.45) is 0 Å². The zero-order valence-corrected chi connectivity index (χ0v) is 11.4. The Morgan fingerprint density at radius 3 is 2.86 bits per heavy atom. The number of aromatic nitrogens is 2. The second kappa shape index (κ2) is 5.95. The first-order valence-corrected chi connectivity index (χ1v) is 6.13. The van der Waals surface area contributed by atoms with Crippen LogP contribution in [-0.4, -0.2) is 15.5 Å². The average molecular weight is 301 g/mol. The summed E-state index contributed by atoms with van der Waals surface area (Å²) in [5.74, 6) is -0.416. The van der Waals surface area contributed by atoms with E-state index in [2.05, 4.69) is 10.3 Å². The number of halogens is 1. The summed E-state index contributed by atoms with van der Waals surface area (Å²) in [7, 11) is 0. The van der Waals surface area contributed by atoms with Gasteiger partial charge in [0.15, 0.2) is 11.4 Å². The zero-order chi connectivity index (χ0) is 15.4. The van der Waals surface area contributed by atoms with Gasteiger partial charge in [-0.25, -0.2) is 4.98 Å². The number of carbonyl (C=O) groups is 1. The quantitative estimate of drug-likeness (QED) is 0.832. The molecule has 0 radical (unpaired) electrons. The van der Waals surface area contributed by atoms with E-state index in [0.29, 0.717) is 16.4 Å². The molecule has 104 valence electrons. The van der Waals surface area contributed by atoms with Gasteiger partial charge in [-0.15, -0.1) is 0 Å². The van der Waals surface area contributed by atoms with Crippen molar-refractivity contribution in [3.63, 3.8) is 0 Å². The second-order valence-corrected chi connectivity index (χ2v) is 4.49. The maximum Gasteiger partial charge on any atom is 0.244 e. The van der Waals surface area contributed by atoms with Gasteiger partial charge in [0.2, 0.25) is 5.91 Å². The SMILES string of the molecule is N#Cc1ncn(CC(=O)Nc2cc(N)ccc2Cl)c1C#N. The molecule has 7 nitrogen and oxygen atoms in total. The molecular formula is C13H9ClN6O. The van der Waals surface area contributed by atoms with Crippen LogP contribution in [0.4, 0.5) is 11.4 Å². The van der Waals surface area contributed by atoms with Crippen LogP contribution in [0, 0.1) is 22.7 Å². The van der Waals surface area contributed by atoms with Gasteiger partial charge in [0, 0.05) is 5.69 Å². The number of nitrogens with two attached hydrogens (primary N) is 1. The molecule has 0 spiro atoms. The molecular weight excluding hydrogens is 292 g/mol. The van der Waals surface area contributed by atoms with Crippen LogP contribution >= 0.6 is 11.6 Å². The highest BCUT2D eigenvalue weighted by Gasteiger charge is 2.13. The third-order valence-corrected chi connectivity index (χ3v) is 2.96. The monoisotopic (exact) mass is 300 g/mol. The molecule has 0 aliphatic heterocycles. The van der Waals surface area contributed by atoms with Gasteiger partial charge in [-0.05, 0) is 18.2 Å². The number of anilines is 2. The Morgan fingerprint density at radius 2 is 2.19 bits per heavy atom. The number of nitrogen functional groups attached to an aromatic ring is 1. The summed E-state index contributed by atoms with van der Waals surface area (Å²) < 4.78 is 1.29. The molecule has 8 heteroatoms. The highest BCUT2D eigenvalue weighted by molar-refractivity contribution is 6.33. The van der Waals surface area contributed by atoms with E-state index in [1.165, 1.54) is 17.0 Å². The minimum absolute atomic E-state index is 0.0210. The summed E-state index contributed by atoms with van der Waals surface area (Å²) in [6, 6.07) is 8.33. The summed E-state index contributed by atoms with van der Waals surface area (Å²) in [6.45, 7) is -0.164. The van der Waals surface area contributed by atoms with Gasteiger partial charge in [-0.3, -0.25) is 4.79 Å². The van der Waals surface area contributed by atoms with Crippen LogP contribution in [0.3, 0.4) is 0 Å². The molecule has 0 unspecified atom stereocenters. The number of amides is 1. The van der Waals surface area contributed by atoms with Crippen molar-refractivity contribution in [3.05, 3.63) is 40.9 Å². The van der Waals surface area contributed by atoms with Crippen molar-refractivity contribution in [1.29, 1.82) is 10.5 Å². The molecule has 0 bridgehead atoms. The number of rotatable bonds is 3. The van der Waals surface area contributed by atoms with Gasteiger partial charge in [0.1, 0.15) is 18.7 Å². The maximum absolute atomic E-state index is 12.0. The molecule has 2 rings (SSSR count). The number of hydrogen-bond acceptors (Lipinski definition) is 5. The summed E-state index contributed by atoms with van der Waals surface area (Å²) in [6.07, 6.45) is 1.26. The van der Waals surface area contributed by atoms with Crippen LogP contribution in [0.15, 0.2) is 24.5 Å². The number of hydrogen-bond donors (Lipinski definition) is 2. The van der Waals surface area contributed by atoms with Crippen LogP contribution < -0.4 is 11.1 Å². The lowest BCUT2D eigenvalue weighted by atomic mass is 10.3. The number of imidazole rings is 1. The van der Waals surface area contributed by atoms with Gasteiger partial charge in [-0.2, -0.15) is 10.5 Å². The lowest BCUT2D eigenvalue weighted by Gasteiger charge is -2.08. The zero-order valence-electron chi connectivity index (χ0n) is 10.7. The molecule has 3 N–H and O–H groups in total. The molecule has 1 aromatic heterocycles. The molecule has 0 saturated carbocycles. The first-order chi connectivity index (χ1) is 10.0. The maximum atomic E-state index is 12.0. The molecule has 0 aliphatic rings. The third-order valence-electron chi connectivity index (χ3n) is 2.63. The Bertz CT molecular complexity index is 783. The Labute approximate surface area is 125 Å². The number of benzene rings is 1. The topological polar surface area (TPSA) is 121 Å². The van der Waals surface area contributed by atoms with Crippen molar-refractivity contribution in [2.75, 3.05) is 11.1 Å². The van der Waals surface area contributed by atoms with Crippen LogP contribution in [0.25, 0.3) is 0 Å². The van der Waals surface area contributed by atoms with Gasteiger partial charge >= 0.3 is 0 Å². The largest absolute Gasteiger partial charge is 0.399 e. The van der Waals surface area contributed by atoms with E-state index >= 15 is 0 Å². The fourth-order valence-corrected chi connectivity index (χ4v) is 1.85. The minimum atomic E-state index is -0.416. The van der Waals surface area contributed by atoms with E-state index in [1.807, 2.05) is 6.07 Å². The highest BCUT2D eigenvalue weighted by Crippen LogP contribution is 2.24. The van der Waals surface area contributed by atoms with Crippen molar-refractivity contribution >= 4 is 28.9 Å². The molecule has 21 heavy (non-hydrogen) atoms. The molecule has 1 aromatic carbocycles. The van der Waals surface area contributed by atoms with Crippen LogP contribution in [0.2, 0.25) is 5.02 Å². The summed E-state index contributed by atoms with van der Waals surface area (Å²) >= 11 is 5.94. The van der Waals surface area contributed by atoms with E-state index in [9.17, 15) is 4.79 Å². The summed E-state index contributed by atoms with van der Waals surface area (Å²) in [5, 5.41) is 20.7. The van der Waals surface area contributed by atoms with Crippen molar-refractivity contribution in [1.82, 2.24) is 9.55 Å². The first-order valence-electron chi connectivity index (χ1n) is 5.75. The van der Waals surface area contributed by atoms with Crippen LogP contribution in [0.1, 0.15) is 11.4 Å². The molecule has 0 aliphatic carbocycles. The van der Waals surface area contributed by atoms with E-state index < -0.39 is 5.91 Å². The van der Waals surface area contributed by atoms with Crippen LogP contribution in [-0.2, 0) is 11.3 Å². The van der Waals surface area contributed by atoms with Gasteiger partial charge in [0.05, 0.1) is 17.0 Å². The van der Waals surface area contributed by atoms with E-state index in [1.54, 1.807) is 18.2 Å². The smallest absolute Gasteiger partial charge is 0.244 e. The standard InChI is InChI=1S/C13H9ClN6O/c14-9-2-1-8(17)3-10(9)19-13(21)6-20-7-18-11(4-15)12(20)5-16/h1-3,7H,6,17H2,(H,19,21). The number of carbonyl (C=O) groups excluding carboxylic acids is 1. The fraction of sp³-hybridized carbons (Fsp3) is 0.0769. The average Bonchev–Trinajstić information content (AvgIpc) is 2.84. The number of nitrogens with zero attached hydrogens (tertiary/aromatic N) is 4. The summed E-state index contributed by atoms with van der Waals surface area (Å²) in [5.41, 5.74) is 6.47. The first kappa shape index (κ1) is 14.4. The summed E-state index contributed by atoms with van der Waals surface area (Å²) in [4.78, 5) is 15.7. The van der Waals surface area contributed by atoms with E-state index in [-0.39, 0.29) is 17.9 Å². The molecule has 0 atom stereocenters. The van der Waals surface area contributed by atoms with E-state index in [4.69, 9.17) is 27.9 Å². The predicted octanol–water partition coefficient (Wildman–Crippen LogP) is 1.50. The molecule has 1 amide bonds. The van der Waals surface area contributed by atoms with Crippen molar-refractivity contribution < 1.29 is 4.79 Å².